The van der Waals surface area contributed by atoms with Crippen LogP contribution in [0.5, 0.6) is 0 Å². The number of hydrogen-bond donors (Lipinski definition) is 1. The summed E-state index contributed by atoms with van der Waals surface area (Å²) in [5.41, 5.74) is 1.09. The van der Waals surface area contributed by atoms with E-state index in [4.69, 9.17) is 0 Å². The summed E-state index contributed by atoms with van der Waals surface area (Å²) >= 11 is 1.57. The number of aromatic nitrogens is 1. The molecule has 0 saturated carbocycles. The van der Waals surface area contributed by atoms with Crippen molar-refractivity contribution < 1.29 is 4.79 Å². The molecule has 1 atom stereocenters. The molecule has 1 fully saturated rings. The Balaban J connectivity index is 2.21. The lowest BCUT2D eigenvalue weighted by Gasteiger charge is -2.30. The minimum Gasteiger partial charge on any atom is -0.309 e. The van der Waals surface area contributed by atoms with Crippen LogP contribution in [0.3, 0.4) is 0 Å². The summed E-state index contributed by atoms with van der Waals surface area (Å²) in [7, 11) is 1.84. The molecule has 1 aliphatic heterocycles. The number of hydrogen-bond acceptors (Lipinski definition) is 4. The Bertz CT molecular complexity index is 436. The van der Waals surface area contributed by atoms with Crippen LogP contribution in [0.25, 0.3) is 0 Å². The number of anilines is 1. The van der Waals surface area contributed by atoms with Crippen molar-refractivity contribution in [2.24, 2.45) is 0 Å². The standard InChI is InChI=1S/C13H21N3OS/c1-13(2,3)10-8-18-12(15-10)16-7-5-6-9(14-4)11(16)17/h8-9,14H,5-7H2,1-4H3. The van der Waals surface area contributed by atoms with Gasteiger partial charge in [0.2, 0.25) is 5.91 Å². The highest BCUT2D eigenvalue weighted by molar-refractivity contribution is 7.14. The van der Waals surface area contributed by atoms with Crippen molar-refractivity contribution >= 4 is 22.4 Å². The Kier molecular flexibility index (Phi) is 3.73. The fraction of sp³-hybridized carbons (Fsp3) is 0.692. The first kappa shape index (κ1) is 13.5. The molecule has 5 heteroatoms. The van der Waals surface area contributed by atoms with E-state index >= 15 is 0 Å². The molecule has 1 amide bonds. The third kappa shape index (κ3) is 2.57. The lowest BCUT2D eigenvalue weighted by Crippen LogP contribution is -2.49. The van der Waals surface area contributed by atoms with Gasteiger partial charge in [0, 0.05) is 17.3 Å². The van der Waals surface area contributed by atoms with Crippen LogP contribution >= 0.6 is 11.3 Å². The van der Waals surface area contributed by atoms with E-state index in [1.165, 1.54) is 0 Å². The largest absolute Gasteiger partial charge is 0.309 e. The summed E-state index contributed by atoms with van der Waals surface area (Å²) in [5.74, 6) is 0.151. The van der Waals surface area contributed by atoms with E-state index < -0.39 is 0 Å². The molecule has 1 N–H and O–H groups in total. The highest BCUT2D eigenvalue weighted by Crippen LogP contribution is 2.30. The second kappa shape index (κ2) is 4.97. The van der Waals surface area contributed by atoms with Gasteiger partial charge in [0.15, 0.2) is 5.13 Å². The second-order valence-corrected chi connectivity index (χ2v) is 6.58. The van der Waals surface area contributed by atoms with Crippen LogP contribution in [0.1, 0.15) is 39.3 Å². The highest BCUT2D eigenvalue weighted by atomic mass is 32.1. The molecule has 18 heavy (non-hydrogen) atoms. The summed E-state index contributed by atoms with van der Waals surface area (Å²) in [5, 5.41) is 5.98. The Morgan fingerprint density at radius 3 is 2.78 bits per heavy atom. The van der Waals surface area contributed by atoms with Crippen molar-refractivity contribution in [1.82, 2.24) is 10.3 Å². The fourth-order valence-corrected chi connectivity index (χ4v) is 3.15. The number of carbonyl (C=O) groups excluding carboxylic acids is 1. The number of amides is 1. The van der Waals surface area contributed by atoms with Crippen molar-refractivity contribution in [1.29, 1.82) is 0 Å². The maximum Gasteiger partial charge on any atom is 0.245 e. The molecule has 0 bridgehead atoms. The van der Waals surface area contributed by atoms with Gasteiger partial charge in [-0.25, -0.2) is 4.98 Å². The summed E-state index contributed by atoms with van der Waals surface area (Å²) < 4.78 is 0. The van der Waals surface area contributed by atoms with Crippen molar-refractivity contribution in [2.75, 3.05) is 18.5 Å². The molecule has 1 aliphatic rings. The third-order valence-electron chi connectivity index (χ3n) is 3.28. The second-order valence-electron chi connectivity index (χ2n) is 5.74. The third-order valence-corrected chi connectivity index (χ3v) is 4.14. The van der Waals surface area contributed by atoms with E-state index in [0.29, 0.717) is 0 Å². The Labute approximate surface area is 112 Å². The van der Waals surface area contributed by atoms with Gasteiger partial charge < -0.3 is 5.32 Å². The molecule has 1 aromatic heterocycles. The number of nitrogens with zero attached hydrogens (tertiary/aromatic N) is 2. The molecule has 0 aliphatic carbocycles. The van der Waals surface area contributed by atoms with E-state index in [1.807, 2.05) is 11.9 Å². The van der Waals surface area contributed by atoms with Gasteiger partial charge in [-0.2, -0.15) is 0 Å². The molecular formula is C13H21N3OS. The first-order chi connectivity index (χ1) is 8.43. The van der Waals surface area contributed by atoms with Gasteiger partial charge in [-0.05, 0) is 19.9 Å². The SMILES string of the molecule is CNC1CCCN(c2nc(C(C)(C)C)cs2)C1=O. The van der Waals surface area contributed by atoms with Crippen LogP contribution in [0.4, 0.5) is 5.13 Å². The summed E-state index contributed by atoms with van der Waals surface area (Å²) in [4.78, 5) is 18.7. The average Bonchev–Trinajstić information content (AvgIpc) is 2.78. The topological polar surface area (TPSA) is 45.2 Å². The van der Waals surface area contributed by atoms with E-state index in [-0.39, 0.29) is 17.4 Å². The lowest BCUT2D eigenvalue weighted by atomic mass is 9.93. The molecule has 1 saturated heterocycles. The number of nitrogens with one attached hydrogen (secondary N) is 1. The van der Waals surface area contributed by atoms with Crippen molar-refractivity contribution in [3.05, 3.63) is 11.1 Å². The fourth-order valence-electron chi connectivity index (χ4n) is 2.07. The Morgan fingerprint density at radius 1 is 1.50 bits per heavy atom. The average molecular weight is 267 g/mol. The zero-order valence-corrected chi connectivity index (χ0v) is 12.3. The molecule has 4 nitrogen and oxygen atoms in total. The lowest BCUT2D eigenvalue weighted by molar-refractivity contribution is -0.121. The predicted octanol–water partition coefficient (Wildman–Crippen LogP) is 2.16. The van der Waals surface area contributed by atoms with Gasteiger partial charge in [-0.3, -0.25) is 9.69 Å². The number of likely N-dealkylation sites (N-methyl/N-ethyl adjacent to an activating group) is 1. The van der Waals surface area contributed by atoms with Gasteiger partial charge in [0.1, 0.15) is 0 Å². The van der Waals surface area contributed by atoms with E-state index in [1.54, 1.807) is 11.3 Å². The highest BCUT2D eigenvalue weighted by Gasteiger charge is 2.30. The van der Waals surface area contributed by atoms with Crippen LogP contribution in [0.2, 0.25) is 0 Å². The maximum absolute atomic E-state index is 12.2. The normalized spacial score (nSPS) is 21.4. The Hall–Kier alpha value is -0.940. The molecule has 2 rings (SSSR count). The summed E-state index contributed by atoms with van der Waals surface area (Å²) in [6, 6.07) is -0.0549. The predicted molar refractivity (Wildman–Crippen MR) is 75.2 cm³/mol. The van der Waals surface area contributed by atoms with Gasteiger partial charge in [-0.15, -0.1) is 11.3 Å². The first-order valence-electron chi connectivity index (χ1n) is 6.38. The number of rotatable bonds is 2. The summed E-state index contributed by atoms with van der Waals surface area (Å²) in [6.45, 7) is 7.20. The first-order valence-corrected chi connectivity index (χ1v) is 7.26. The quantitative estimate of drug-likeness (QED) is 0.893. The number of piperidine rings is 1. The Morgan fingerprint density at radius 2 is 2.22 bits per heavy atom. The number of thiazole rings is 1. The molecule has 0 aromatic carbocycles. The summed E-state index contributed by atoms with van der Waals surface area (Å²) in [6.07, 6.45) is 1.95. The van der Waals surface area contributed by atoms with Gasteiger partial charge in [-0.1, -0.05) is 20.8 Å². The number of carbonyl (C=O) groups is 1. The molecule has 0 radical (unpaired) electrons. The monoisotopic (exact) mass is 267 g/mol. The molecule has 1 aromatic rings. The maximum atomic E-state index is 12.2. The molecular weight excluding hydrogens is 246 g/mol. The minimum atomic E-state index is -0.0549. The van der Waals surface area contributed by atoms with Crippen LogP contribution < -0.4 is 10.2 Å². The van der Waals surface area contributed by atoms with E-state index in [2.05, 4.69) is 36.5 Å². The van der Waals surface area contributed by atoms with Crippen LogP contribution in [0, 0.1) is 0 Å². The van der Waals surface area contributed by atoms with Gasteiger partial charge >= 0.3 is 0 Å². The van der Waals surface area contributed by atoms with Crippen LogP contribution in [-0.4, -0.2) is 30.5 Å². The van der Waals surface area contributed by atoms with Crippen molar-refractivity contribution in [2.45, 2.75) is 45.1 Å². The minimum absolute atomic E-state index is 0.0377. The molecule has 1 unspecified atom stereocenters. The van der Waals surface area contributed by atoms with Crippen LogP contribution in [-0.2, 0) is 10.2 Å². The zero-order valence-electron chi connectivity index (χ0n) is 11.5. The molecule has 0 spiro atoms. The van der Waals surface area contributed by atoms with E-state index in [9.17, 15) is 4.79 Å². The van der Waals surface area contributed by atoms with Gasteiger partial charge in [0.05, 0.1) is 11.7 Å². The van der Waals surface area contributed by atoms with Gasteiger partial charge in [0.25, 0.3) is 0 Å². The van der Waals surface area contributed by atoms with Crippen LogP contribution in [0.15, 0.2) is 5.38 Å². The molecule has 2 heterocycles. The smallest absolute Gasteiger partial charge is 0.245 e. The van der Waals surface area contributed by atoms with E-state index in [0.717, 1.165) is 30.2 Å². The molecule has 100 valence electrons. The van der Waals surface area contributed by atoms with Crippen molar-refractivity contribution in [3.8, 4) is 0 Å². The van der Waals surface area contributed by atoms with Crippen molar-refractivity contribution in [3.63, 3.8) is 0 Å². The zero-order chi connectivity index (χ0) is 13.3.